The second kappa shape index (κ2) is 5.59. The summed E-state index contributed by atoms with van der Waals surface area (Å²) in [7, 11) is 0. The molecule has 0 saturated carbocycles. The molecule has 6 heteroatoms. The van der Waals surface area contributed by atoms with E-state index < -0.39 is 29.4 Å². The quantitative estimate of drug-likeness (QED) is 0.453. The number of carboxylic acids is 1. The van der Waals surface area contributed by atoms with Crippen LogP contribution in [0.2, 0.25) is 0 Å². The van der Waals surface area contributed by atoms with Gasteiger partial charge < -0.3 is 20.6 Å². The smallest absolute Gasteiger partial charge is 0.327 e. The predicted octanol–water partition coefficient (Wildman–Crippen LogP) is 0.304. The van der Waals surface area contributed by atoms with Gasteiger partial charge in [-0.2, -0.15) is 0 Å². The first-order chi connectivity index (χ1) is 8.47. The molecule has 1 aromatic carbocycles. The number of aliphatic carboxylic acids is 1. The van der Waals surface area contributed by atoms with Gasteiger partial charge in [-0.3, -0.25) is 4.79 Å². The third-order valence-corrected chi connectivity index (χ3v) is 2.18. The van der Waals surface area contributed by atoms with E-state index in [0.29, 0.717) is 0 Å². The highest BCUT2D eigenvalue weighted by Crippen LogP contribution is 2.27. The number of rotatable bonds is 4. The molecule has 0 aromatic heterocycles. The van der Waals surface area contributed by atoms with Crippen molar-refractivity contribution in [3.63, 3.8) is 0 Å². The fourth-order valence-electron chi connectivity index (χ4n) is 1.27. The number of para-hydroxylation sites is 1. The number of carboxylic acid groups (broad SMARTS) is 1. The molecular formula is C12H11NO5. The molecule has 0 spiro atoms. The Morgan fingerprint density at radius 3 is 2.61 bits per heavy atom. The summed E-state index contributed by atoms with van der Waals surface area (Å²) in [5, 5.41) is 29.6. The maximum atomic E-state index is 11.7. The van der Waals surface area contributed by atoms with Gasteiger partial charge in [0.2, 0.25) is 0 Å². The number of carbonyl (C=O) groups excluding carboxylic acids is 1. The van der Waals surface area contributed by atoms with Gasteiger partial charge in [0.05, 0.1) is 5.56 Å². The van der Waals surface area contributed by atoms with Crippen molar-refractivity contribution in [3.05, 3.63) is 23.8 Å². The average Bonchev–Trinajstić information content (AvgIpc) is 2.31. The highest BCUT2D eigenvalue weighted by molar-refractivity contribution is 5.99. The zero-order valence-electron chi connectivity index (χ0n) is 9.25. The Bertz CT molecular complexity index is 518. The molecule has 1 unspecified atom stereocenters. The zero-order chi connectivity index (χ0) is 13.7. The van der Waals surface area contributed by atoms with Gasteiger partial charge in [0, 0.05) is 6.42 Å². The summed E-state index contributed by atoms with van der Waals surface area (Å²) in [5.74, 6) is -1.06. The van der Waals surface area contributed by atoms with Crippen molar-refractivity contribution in [3.8, 4) is 23.8 Å². The molecule has 0 fully saturated rings. The summed E-state index contributed by atoms with van der Waals surface area (Å²) < 4.78 is 0. The van der Waals surface area contributed by atoms with Crippen LogP contribution in [-0.2, 0) is 4.79 Å². The lowest BCUT2D eigenvalue weighted by Gasteiger charge is -2.12. The van der Waals surface area contributed by atoms with Gasteiger partial charge >= 0.3 is 5.97 Å². The SMILES string of the molecule is C#CCC(NC(=O)c1cccc(O)c1O)C(=O)O. The van der Waals surface area contributed by atoms with E-state index in [0.717, 1.165) is 0 Å². The maximum absolute atomic E-state index is 11.7. The first-order valence-corrected chi connectivity index (χ1v) is 4.95. The van der Waals surface area contributed by atoms with Crippen LogP contribution in [0.15, 0.2) is 18.2 Å². The number of phenols is 2. The second-order valence-electron chi connectivity index (χ2n) is 3.45. The normalized spacial score (nSPS) is 11.3. The van der Waals surface area contributed by atoms with Gasteiger partial charge in [0.25, 0.3) is 5.91 Å². The fraction of sp³-hybridized carbons (Fsp3) is 0.167. The molecule has 1 atom stereocenters. The highest BCUT2D eigenvalue weighted by atomic mass is 16.4. The number of benzene rings is 1. The van der Waals surface area contributed by atoms with Crippen LogP contribution in [0.5, 0.6) is 11.5 Å². The Morgan fingerprint density at radius 1 is 1.39 bits per heavy atom. The van der Waals surface area contributed by atoms with Crippen LogP contribution in [0.1, 0.15) is 16.8 Å². The van der Waals surface area contributed by atoms with Gasteiger partial charge in [-0.25, -0.2) is 4.79 Å². The summed E-state index contributed by atoms with van der Waals surface area (Å²) in [6.07, 6.45) is 4.80. The largest absolute Gasteiger partial charge is 0.504 e. The van der Waals surface area contributed by atoms with E-state index in [1.165, 1.54) is 18.2 Å². The molecular weight excluding hydrogens is 238 g/mol. The van der Waals surface area contributed by atoms with Crippen molar-refractivity contribution in [1.29, 1.82) is 0 Å². The fourth-order valence-corrected chi connectivity index (χ4v) is 1.27. The number of phenolic OH excluding ortho intramolecular Hbond substituents is 2. The van der Waals surface area contributed by atoms with E-state index in [4.69, 9.17) is 11.5 Å². The first kappa shape index (κ1) is 13.4. The number of carbonyl (C=O) groups is 2. The van der Waals surface area contributed by atoms with Gasteiger partial charge in [0.15, 0.2) is 11.5 Å². The molecule has 1 amide bonds. The number of hydrogen-bond acceptors (Lipinski definition) is 4. The molecule has 0 bridgehead atoms. The van der Waals surface area contributed by atoms with E-state index in [1.54, 1.807) is 0 Å². The molecule has 6 nitrogen and oxygen atoms in total. The molecule has 0 aliphatic rings. The van der Waals surface area contributed by atoms with Crippen molar-refractivity contribution < 1.29 is 24.9 Å². The van der Waals surface area contributed by atoms with Crippen LogP contribution >= 0.6 is 0 Å². The molecule has 0 aliphatic heterocycles. The van der Waals surface area contributed by atoms with Crippen molar-refractivity contribution >= 4 is 11.9 Å². The summed E-state index contributed by atoms with van der Waals surface area (Å²) >= 11 is 0. The Morgan fingerprint density at radius 2 is 2.06 bits per heavy atom. The monoisotopic (exact) mass is 249 g/mol. The molecule has 0 radical (unpaired) electrons. The molecule has 94 valence electrons. The molecule has 0 aliphatic carbocycles. The minimum absolute atomic E-state index is 0.180. The van der Waals surface area contributed by atoms with Gasteiger partial charge in [-0.05, 0) is 12.1 Å². The van der Waals surface area contributed by atoms with Crippen molar-refractivity contribution in [2.75, 3.05) is 0 Å². The summed E-state index contributed by atoms with van der Waals surface area (Å²) in [6.45, 7) is 0. The Labute approximate surface area is 103 Å². The summed E-state index contributed by atoms with van der Waals surface area (Å²) in [6, 6.07) is 2.55. The number of aromatic hydroxyl groups is 2. The van der Waals surface area contributed by atoms with E-state index >= 15 is 0 Å². The van der Waals surface area contributed by atoms with Gasteiger partial charge in [-0.15, -0.1) is 12.3 Å². The first-order valence-electron chi connectivity index (χ1n) is 4.95. The zero-order valence-corrected chi connectivity index (χ0v) is 9.25. The highest BCUT2D eigenvalue weighted by Gasteiger charge is 2.21. The Hall–Kier alpha value is -2.68. The third kappa shape index (κ3) is 2.92. The predicted molar refractivity (Wildman–Crippen MR) is 62.1 cm³/mol. The van der Waals surface area contributed by atoms with Gasteiger partial charge in [-0.1, -0.05) is 6.07 Å². The second-order valence-corrected chi connectivity index (χ2v) is 3.45. The minimum atomic E-state index is -1.28. The molecule has 0 heterocycles. The molecule has 1 rings (SSSR count). The van der Waals surface area contributed by atoms with Gasteiger partial charge in [0.1, 0.15) is 6.04 Å². The van der Waals surface area contributed by atoms with E-state index in [1.807, 2.05) is 0 Å². The third-order valence-electron chi connectivity index (χ3n) is 2.18. The van der Waals surface area contributed by atoms with Crippen LogP contribution in [0, 0.1) is 12.3 Å². The van der Waals surface area contributed by atoms with E-state index in [9.17, 15) is 19.8 Å². The lowest BCUT2D eigenvalue weighted by atomic mass is 10.1. The summed E-state index contributed by atoms with van der Waals surface area (Å²) in [5.41, 5.74) is -0.224. The Kier molecular flexibility index (Phi) is 4.16. The van der Waals surface area contributed by atoms with Crippen molar-refractivity contribution in [2.45, 2.75) is 12.5 Å². The van der Waals surface area contributed by atoms with E-state index in [-0.39, 0.29) is 12.0 Å². The van der Waals surface area contributed by atoms with Crippen LogP contribution in [0.4, 0.5) is 0 Å². The lowest BCUT2D eigenvalue weighted by molar-refractivity contribution is -0.139. The molecule has 1 aromatic rings. The van der Waals surface area contributed by atoms with Crippen LogP contribution < -0.4 is 5.32 Å². The maximum Gasteiger partial charge on any atom is 0.327 e. The number of nitrogens with one attached hydrogen (secondary N) is 1. The number of terminal acetylenes is 1. The topological polar surface area (TPSA) is 107 Å². The van der Waals surface area contributed by atoms with Crippen LogP contribution in [0.3, 0.4) is 0 Å². The van der Waals surface area contributed by atoms with Crippen LogP contribution in [0.25, 0.3) is 0 Å². The molecule has 0 saturated heterocycles. The number of hydrogen-bond donors (Lipinski definition) is 4. The average molecular weight is 249 g/mol. The Balaban J connectivity index is 2.91. The van der Waals surface area contributed by atoms with Crippen molar-refractivity contribution in [1.82, 2.24) is 5.32 Å². The molecule has 4 N–H and O–H groups in total. The minimum Gasteiger partial charge on any atom is -0.504 e. The molecule has 18 heavy (non-hydrogen) atoms. The van der Waals surface area contributed by atoms with E-state index in [2.05, 4.69) is 11.2 Å². The standard InChI is InChI=1S/C12H11NO5/c1-2-4-8(12(17)18)13-11(16)7-5-3-6-9(14)10(7)15/h1,3,5-6,8,14-15H,4H2,(H,13,16)(H,17,18). The lowest BCUT2D eigenvalue weighted by Crippen LogP contribution is -2.40. The number of amides is 1. The van der Waals surface area contributed by atoms with Crippen LogP contribution in [-0.4, -0.2) is 33.2 Å². The summed E-state index contributed by atoms with van der Waals surface area (Å²) in [4.78, 5) is 22.5. The van der Waals surface area contributed by atoms with Crippen molar-refractivity contribution in [2.24, 2.45) is 0 Å².